The van der Waals surface area contributed by atoms with Crippen molar-refractivity contribution in [2.24, 2.45) is 0 Å². The number of rotatable bonds is 4. The number of carbonyl (C=O) groups is 1. The van der Waals surface area contributed by atoms with E-state index in [0.29, 0.717) is 18.2 Å². The van der Waals surface area contributed by atoms with Gasteiger partial charge in [-0.25, -0.2) is 4.68 Å². The summed E-state index contributed by atoms with van der Waals surface area (Å²) < 4.78 is 1.71. The smallest absolute Gasteiger partial charge is 0.276 e. The molecule has 0 radical (unpaired) electrons. The number of nitrogens with zero attached hydrogens (tertiary/aromatic N) is 5. The Balaban J connectivity index is 2.04. The van der Waals surface area contributed by atoms with E-state index in [-0.39, 0.29) is 11.9 Å². The molecule has 1 aromatic heterocycles. The lowest BCUT2D eigenvalue weighted by Crippen LogP contribution is -2.43. The van der Waals surface area contributed by atoms with E-state index in [1.165, 1.54) is 4.90 Å². The molecular formula is C11H16N6O. The summed E-state index contributed by atoms with van der Waals surface area (Å²) in [7, 11) is 1.67. The number of nitriles is 1. The third-order valence-corrected chi connectivity index (χ3v) is 3.23. The molecule has 1 saturated heterocycles. The van der Waals surface area contributed by atoms with E-state index < -0.39 is 0 Å². The fourth-order valence-electron chi connectivity index (χ4n) is 1.66. The third kappa shape index (κ3) is 2.33. The van der Waals surface area contributed by atoms with Crippen LogP contribution < -0.4 is 5.32 Å². The van der Waals surface area contributed by atoms with E-state index in [0.717, 1.165) is 13.1 Å². The van der Waals surface area contributed by atoms with Crippen LogP contribution in [0.3, 0.4) is 0 Å². The minimum atomic E-state index is -0.198. The lowest BCUT2D eigenvalue weighted by Gasteiger charge is -2.26. The second-order valence-corrected chi connectivity index (χ2v) is 4.52. The van der Waals surface area contributed by atoms with Gasteiger partial charge < -0.3 is 10.2 Å². The molecule has 1 N–H and O–H groups in total. The van der Waals surface area contributed by atoms with Gasteiger partial charge in [-0.2, -0.15) is 5.26 Å². The van der Waals surface area contributed by atoms with Gasteiger partial charge in [-0.15, -0.1) is 5.10 Å². The SMILES string of the molecule is CC(CC#N)N(C)C(=O)c1cn(C2CNC2)nn1. The molecule has 1 aromatic rings. The van der Waals surface area contributed by atoms with E-state index in [1.54, 1.807) is 17.9 Å². The largest absolute Gasteiger partial charge is 0.337 e. The molecule has 0 spiro atoms. The first-order valence-electron chi connectivity index (χ1n) is 5.90. The van der Waals surface area contributed by atoms with E-state index in [4.69, 9.17) is 5.26 Å². The van der Waals surface area contributed by atoms with Gasteiger partial charge in [0.1, 0.15) is 0 Å². The summed E-state index contributed by atoms with van der Waals surface area (Å²) in [6.07, 6.45) is 1.98. The van der Waals surface area contributed by atoms with Crippen LogP contribution in [-0.4, -0.2) is 52.0 Å². The van der Waals surface area contributed by atoms with Crippen LogP contribution in [0.4, 0.5) is 0 Å². The fraction of sp³-hybridized carbons (Fsp3) is 0.636. The first-order valence-corrected chi connectivity index (χ1v) is 5.90. The molecule has 2 rings (SSSR count). The zero-order chi connectivity index (χ0) is 13.1. The number of nitrogens with one attached hydrogen (secondary N) is 1. The normalized spacial score (nSPS) is 16.7. The van der Waals surface area contributed by atoms with E-state index >= 15 is 0 Å². The predicted molar refractivity (Wildman–Crippen MR) is 63.7 cm³/mol. The second-order valence-electron chi connectivity index (χ2n) is 4.52. The first-order chi connectivity index (χ1) is 8.63. The van der Waals surface area contributed by atoms with Gasteiger partial charge in [-0.1, -0.05) is 5.21 Å². The lowest BCUT2D eigenvalue weighted by atomic mass is 10.2. The van der Waals surface area contributed by atoms with Crippen molar-refractivity contribution >= 4 is 5.91 Å². The number of hydrogen-bond donors (Lipinski definition) is 1. The number of hydrogen-bond acceptors (Lipinski definition) is 5. The van der Waals surface area contributed by atoms with E-state index in [2.05, 4.69) is 21.7 Å². The van der Waals surface area contributed by atoms with Crippen molar-refractivity contribution in [3.63, 3.8) is 0 Å². The highest BCUT2D eigenvalue weighted by Crippen LogP contribution is 2.11. The summed E-state index contributed by atoms with van der Waals surface area (Å²) in [5, 5.41) is 19.6. The van der Waals surface area contributed by atoms with Gasteiger partial charge in [0.05, 0.1) is 24.7 Å². The van der Waals surface area contributed by atoms with Gasteiger partial charge in [0.15, 0.2) is 5.69 Å². The third-order valence-electron chi connectivity index (χ3n) is 3.23. The van der Waals surface area contributed by atoms with Gasteiger partial charge in [0, 0.05) is 26.2 Å². The van der Waals surface area contributed by atoms with Crippen LogP contribution in [0.5, 0.6) is 0 Å². The van der Waals surface area contributed by atoms with Gasteiger partial charge in [-0.05, 0) is 6.92 Å². The van der Waals surface area contributed by atoms with E-state index in [9.17, 15) is 4.79 Å². The molecule has 0 aliphatic carbocycles. The Labute approximate surface area is 105 Å². The molecule has 18 heavy (non-hydrogen) atoms. The molecule has 1 fully saturated rings. The monoisotopic (exact) mass is 248 g/mol. The van der Waals surface area contributed by atoms with Crippen molar-refractivity contribution in [2.45, 2.75) is 25.4 Å². The summed E-state index contributed by atoms with van der Waals surface area (Å²) in [6.45, 7) is 3.55. The van der Waals surface area contributed by atoms with Crippen LogP contribution in [0.25, 0.3) is 0 Å². The van der Waals surface area contributed by atoms with Crippen LogP contribution in [0.1, 0.15) is 29.9 Å². The van der Waals surface area contributed by atoms with Crippen molar-refractivity contribution < 1.29 is 4.79 Å². The highest BCUT2D eigenvalue weighted by molar-refractivity contribution is 5.91. The Kier molecular flexibility index (Phi) is 3.58. The molecule has 7 nitrogen and oxygen atoms in total. The summed E-state index contributed by atoms with van der Waals surface area (Å²) in [4.78, 5) is 13.6. The molecular weight excluding hydrogens is 232 g/mol. The maximum Gasteiger partial charge on any atom is 0.276 e. The molecule has 1 aliphatic heterocycles. The fourth-order valence-corrected chi connectivity index (χ4v) is 1.66. The molecule has 0 bridgehead atoms. The molecule has 96 valence electrons. The van der Waals surface area contributed by atoms with Crippen molar-refractivity contribution in [3.05, 3.63) is 11.9 Å². The summed E-state index contributed by atoms with van der Waals surface area (Å²) in [6, 6.07) is 2.22. The van der Waals surface area contributed by atoms with Gasteiger partial charge in [-0.3, -0.25) is 4.79 Å². The summed E-state index contributed by atoms with van der Waals surface area (Å²) >= 11 is 0. The van der Waals surface area contributed by atoms with E-state index in [1.807, 2.05) is 6.92 Å². The molecule has 7 heteroatoms. The highest BCUT2D eigenvalue weighted by Gasteiger charge is 2.24. The second kappa shape index (κ2) is 5.14. The minimum Gasteiger partial charge on any atom is -0.337 e. The molecule has 2 heterocycles. The maximum atomic E-state index is 12.1. The number of carbonyl (C=O) groups excluding carboxylic acids is 1. The van der Waals surface area contributed by atoms with Crippen molar-refractivity contribution in [2.75, 3.05) is 20.1 Å². The Hall–Kier alpha value is -1.94. The Bertz CT molecular complexity index is 472. The van der Waals surface area contributed by atoms with Crippen LogP contribution in [0.15, 0.2) is 6.20 Å². The zero-order valence-electron chi connectivity index (χ0n) is 10.5. The van der Waals surface area contributed by atoms with Crippen molar-refractivity contribution in [1.29, 1.82) is 5.26 Å². The van der Waals surface area contributed by atoms with Gasteiger partial charge >= 0.3 is 0 Å². The van der Waals surface area contributed by atoms with Crippen LogP contribution in [-0.2, 0) is 0 Å². The van der Waals surface area contributed by atoms with Gasteiger partial charge in [0.25, 0.3) is 5.91 Å². The zero-order valence-corrected chi connectivity index (χ0v) is 10.5. The van der Waals surface area contributed by atoms with Crippen molar-refractivity contribution in [1.82, 2.24) is 25.2 Å². The molecule has 1 unspecified atom stereocenters. The van der Waals surface area contributed by atoms with Crippen LogP contribution in [0.2, 0.25) is 0 Å². The molecule has 0 aromatic carbocycles. The standard InChI is InChI=1S/C11H16N6O/c1-8(3-4-12)16(2)11(18)10-7-17(15-14-10)9-5-13-6-9/h7-9,13H,3,5-6H2,1-2H3. The lowest BCUT2D eigenvalue weighted by molar-refractivity contribution is 0.0740. The molecule has 1 aliphatic rings. The average Bonchev–Trinajstić information content (AvgIpc) is 2.74. The molecule has 1 atom stereocenters. The topological polar surface area (TPSA) is 86.8 Å². The average molecular weight is 248 g/mol. The number of amides is 1. The minimum absolute atomic E-state index is 0.127. The molecule has 0 saturated carbocycles. The van der Waals surface area contributed by atoms with Crippen LogP contribution >= 0.6 is 0 Å². The number of aromatic nitrogens is 3. The Morgan fingerprint density at radius 1 is 1.78 bits per heavy atom. The van der Waals surface area contributed by atoms with Crippen LogP contribution in [0, 0.1) is 11.3 Å². The highest BCUT2D eigenvalue weighted by atomic mass is 16.2. The first kappa shape index (κ1) is 12.5. The quantitative estimate of drug-likeness (QED) is 0.797. The predicted octanol–water partition coefficient (Wildman–Crippen LogP) is -0.203. The summed E-state index contributed by atoms with van der Waals surface area (Å²) in [5.41, 5.74) is 0.328. The Morgan fingerprint density at radius 3 is 3.06 bits per heavy atom. The van der Waals surface area contributed by atoms with Gasteiger partial charge in [0.2, 0.25) is 0 Å². The molecule has 1 amide bonds. The summed E-state index contributed by atoms with van der Waals surface area (Å²) in [5.74, 6) is -0.198. The Morgan fingerprint density at radius 2 is 2.50 bits per heavy atom. The van der Waals surface area contributed by atoms with Crippen molar-refractivity contribution in [3.8, 4) is 6.07 Å². The maximum absolute atomic E-state index is 12.1.